The second kappa shape index (κ2) is 3.90. The van der Waals surface area contributed by atoms with Crippen molar-refractivity contribution in [2.75, 3.05) is 0 Å². The maximum absolute atomic E-state index is 4.70. The Balaban J connectivity index is 1.94. The van der Waals surface area contributed by atoms with Gasteiger partial charge in [0.1, 0.15) is 0 Å². The van der Waals surface area contributed by atoms with Crippen molar-refractivity contribution >= 4 is 26.5 Å². The molecule has 4 rings (SSSR count). The molecule has 0 radical (unpaired) electrons. The molecule has 3 heterocycles. The molecular weight excluding hydrogens is 254 g/mol. The molecule has 0 amide bonds. The predicted molar refractivity (Wildman–Crippen MR) is 78.5 cm³/mol. The summed E-state index contributed by atoms with van der Waals surface area (Å²) in [7, 11) is 0. The molecule has 4 aromatic rings. The van der Waals surface area contributed by atoms with E-state index in [0.717, 1.165) is 16.2 Å². The highest BCUT2D eigenvalue weighted by atomic mass is 32.1. The molecule has 0 spiro atoms. The minimum atomic E-state index is 1.01. The van der Waals surface area contributed by atoms with Crippen molar-refractivity contribution in [3.63, 3.8) is 0 Å². The van der Waals surface area contributed by atoms with E-state index in [1.165, 1.54) is 15.8 Å². The second-order valence-corrected chi connectivity index (χ2v) is 5.60. The van der Waals surface area contributed by atoms with Gasteiger partial charge >= 0.3 is 0 Å². The summed E-state index contributed by atoms with van der Waals surface area (Å²) in [6, 6.07) is 10.5. The topological polar surface area (TPSA) is 30.2 Å². The number of benzene rings is 1. The molecule has 3 aromatic heterocycles. The zero-order chi connectivity index (χ0) is 12.8. The summed E-state index contributed by atoms with van der Waals surface area (Å²) >= 11 is 1.67. The van der Waals surface area contributed by atoms with Gasteiger partial charge < -0.3 is 0 Å². The van der Waals surface area contributed by atoms with Crippen LogP contribution in [0.1, 0.15) is 5.56 Å². The molecule has 0 saturated heterocycles. The molecular formula is C15H11N3S. The number of hydrogen-bond acceptors (Lipinski definition) is 3. The Morgan fingerprint density at radius 1 is 1.11 bits per heavy atom. The normalized spacial score (nSPS) is 11.4. The number of thiazole rings is 1. The van der Waals surface area contributed by atoms with E-state index in [-0.39, 0.29) is 0 Å². The van der Waals surface area contributed by atoms with Crippen molar-refractivity contribution in [2.45, 2.75) is 6.92 Å². The third-order valence-corrected chi connectivity index (χ3v) is 4.25. The van der Waals surface area contributed by atoms with Crippen molar-refractivity contribution in [3.05, 3.63) is 54.5 Å². The van der Waals surface area contributed by atoms with Crippen molar-refractivity contribution in [3.8, 4) is 11.3 Å². The molecule has 0 bridgehead atoms. The molecule has 19 heavy (non-hydrogen) atoms. The Hall–Kier alpha value is -2.20. The summed E-state index contributed by atoms with van der Waals surface area (Å²) in [5, 5.41) is 0. The molecule has 0 N–H and O–H groups in total. The Kier molecular flexibility index (Phi) is 2.19. The van der Waals surface area contributed by atoms with Gasteiger partial charge in [0.2, 0.25) is 0 Å². The first-order valence-corrected chi connectivity index (χ1v) is 6.91. The molecule has 3 nitrogen and oxygen atoms in total. The van der Waals surface area contributed by atoms with Gasteiger partial charge in [-0.2, -0.15) is 0 Å². The Morgan fingerprint density at radius 3 is 2.79 bits per heavy atom. The lowest BCUT2D eigenvalue weighted by atomic mass is 10.1. The molecule has 0 aliphatic heterocycles. The van der Waals surface area contributed by atoms with E-state index < -0.39 is 0 Å². The lowest BCUT2D eigenvalue weighted by molar-refractivity contribution is 1.28. The fourth-order valence-electron chi connectivity index (χ4n) is 2.22. The second-order valence-electron chi connectivity index (χ2n) is 4.59. The summed E-state index contributed by atoms with van der Waals surface area (Å²) in [5.41, 5.74) is 4.61. The lowest BCUT2D eigenvalue weighted by Crippen LogP contribution is -1.79. The maximum atomic E-state index is 4.70. The third kappa shape index (κ3) is 1.64. The van der Waals surface area contributed by atoms with Crippen LogP contribution in [0.15, 0.2) is 48.9 Å². The molecule has 4 heteroatoms. The standard InChI is InChI=1S/C15H11N3S/c1-10-2-4-11(5-3-10)12-9-18-13-6-7-16-8-14(13)19-15(18)17-12/h2-9H,1H3. The van der Waals surface area contributed by atoms with Crippen LogP contribution in [-0.4, -0.2) is 14.4 Å². The number of pyridine rings is 1. The summed E-state index contributed by atoms with van der Waals surface area (Å²) < 4.78 is 3.30. The smallest absolute Gasteiger partial charge is 0.195 e. The quantitative estimate of drug-likeness (QED) is 0.522. The maximum Gasteiger partial charge on any atom is 0.195 e. The van der Waals surface area contributed by atoms with Crippen LogP contribution < -0.4 is 0 Å². The first-order valence-electron chi connectivity index (χ1n) is 6.10. The van der Waals surface area contributed by atoms with E-state index >= 15 is 0 Å². The van der Waals surface area contributed by atoms with Crippen LogP contribution in [-0.2, 0) is 0 Å². The molecule has 0 atom stereocenters. The van der Waals surface area contributed by atoms with E-state index in [1.54, 1.807) is 11.3 Å². The van der Waals surface area contributed by atoms with Gasteiger partial charge in [0.15, 0.2) is 4.96 Å². The van der Waals surface area contributed by atoms with Gasteiger partial charge in [-0.3, -0.25) is 9.38 Å². The minimum Gasteiger partial charge on any atom is -0.290 e. The average molecular weight is 265 g/mol. The number of nitrogens with zero attached hydrogens (tertiary/aromatic N) is 3. The van der Waals surface area contributed by atoms with E-state index in [9.17, 15) is 0 Å². The van der Waals surface area contributed by atoms with Gasteiger partial charge in [-0.1, -0.05) is 41.2 Å². The number of imidazole rings is 1. The van der Waals surface area contributed by atoms with Crippen LogP contribution in [0.4, 0.5) is 0 Å². The van der Waals surface area contributed by atoms with E-state index in [2.05, 4.69) is 46.8 Å². The Morgan fingerprint density at radius 2 is 1.95 bits per heavy atom. The number of hydrogen-bond donors (Lipinski definition) is 0. The molecule has 1 aromatic carbocycles. The van der Waals surface area contributed by atoms with Crippen LogP contribution in [0.25, 0.3) is 26.4 Å². The molecule has 0 fully saturated rings. The average Bonchev–Trinajstić information content (AvgIpc) is 2.97. The van der Waals surface area contributed by atoms with E-state index in [0.29, 0.717) is 0 Å². The van der Waals surface area contributed by atoms with Crippen molar-refractivity contribution in [2.24, 2.45) is 0 Å². The van der Waals surface area contributed by atoms with Crippen LogP contribution in [0.2, 0.25) is 0 Å². The van der Waals surface area contributed by atoms with Crippen LogP contribution >= 0.6 is 11.3 Å². The van der Waals surface area contributed by atoms with Crippen LogP contribution in [0.3, 0.4) is 0 Å². The highest BCUT2D eigenvalue weighted by Gasteiger charge is 2.09. The highest BCUT2D eigenvalue weighted by molar-refractivity contribution is 7.23. The van der Waals surface area contributed by atoms with Crippen LogP contribution in [0.5, 0.6) is 0 Å². The van der Waals surface area contributed by atoms with Gasteiger partial charge in [0, 0.05) is 24.2 Å². The van der Waals surface area contributed by atoms with Crippen LogP contribution in [0, 0.1) is 6.92 Å². The first-order chi connectivity index (χ1) is 9.31. The fraction of sp³-hybridized carbons (Fsp3) is 0.0667. The van der Waals surface area contributed by atoms with E-state index in [1.807, 2.05) is 18.5 Å². The van der Waals surface area contributed by atoms with Gasteiger partial charge in [0.05, 0.1) is 15.9 Å². The van der Waals surface area contributed by atoms with E-state index in [4.69, 9.17) is 4.98 Å². The van der Waals surface area contributed by atoms with Gasteiger partial charge in [0.25, 0.3) is 0 Å². The Bertz CT molecular complexity index is 871. The molecule has 0 aliphatic rings. The molecule has 92 valence electrons. The third-order valence-electron chi connectivity index (χ3n) is 3.24. The van der Waals surface area contributed by atoms with Crippen molar-refractivity contribution in [1.82, 2.24) is 14.4 Å². The summed E-state index contributed by atoms with van der Waals surface area (Å²) in [6.07, 6.45) is 5.80. The van der Waals surface area contributed by atoms with Gasteiger partial charge in [-0.25, -0.2) is 4.98 Å². The number of rotatable bonds is 1. The zero-order valence-corrected chi connectivity index (χ0v) is 11.2. The molecule has 0 unspecified atom stereocenters. The Labute approximate surface area is 114 Å². The zero-order valence-electron chi connectivity index (χ0n) is 10.4. The minimum absolute atomic E-state index is 1.01. The number of fused-ring (bicyclic) bond motifs is 3. The van der Waals surface area contributed by atoms with Crippen molar-refractivity contribution < 1.29 is 0 Å². The first kappa shape index (κ1) is 10.7. The number of aromatic nitrogens is 3. The van der Waals surface area contributed by atoms with Gasteiger partial charge in [-0.05, 0) is 13.0 Å². The highest BCUT2D eigenvalue weighted by Crippen LogP contribution is 2.28. The SMILES string of the molecule is Cc1ccc(-c2cn3c(n2)sc2cnccc23)cc1. The monoisotopic (exact) mass is 265 g/mol. The van der Waals surface area contributed by atoms with Crippen molar-refractivity contribution in [1.29, 1.82) is 0 Å². The predicted octanol–water partition coefficient (Wildman–Crippen LogP) is 3.92. The molecule has 0 aliphatic carbocycles. The largest absolute Gasteiger partial charge is 0.290 e. The molecule has 0 saturated carbocycles. The lowest BCUT2D eigenvalue weighted by Gasteiger charge is -1.96. The summed E-state index contributed by atoms with van der Waals surface area (Å²) in [6.45, 7) is 2.09. The fourth-order valence-corrected chi connectivity index (χ4v) is 3.19. The number of aryl methyl sites for hydroxylation is 1. The van der Waals surface area contributed by atoms with Gasteiger partial charge in [-0.15, -0.1) is 0 Å². The summed E-state index contributed by atoms with van der Waals surface area (Å²) in [5.74, 6) is 0. The summed E-state index contributed by atoms with van der Waals surface area (Å²) in [4.78, 5) is 9.86.